The Hall–Kier alpha value is -1.75. The number of rotatable bonds is 6. The van der Waals surface area contributed by atoms with Gasteiger partial charge in [-0.2, -0.15) is 0 Å². The van der Waals surface area contributed by atoms with E-state index in [-0.39, 0.29) is 11.9 Å². The summed E-state index contributed by atoms with van der Waals surface area (Å²) in [6.07, 6.45) is 0. The molecule has 1 aromatic carbocycles. The summed E-state index contributed by atoms with van der Waals surface area (Å²) in [7, 11) is 1.71. The fourth-order valence-electron chi connectivity index (χ4n) is 2.83. The SMILES string of the molecule is COc1ccccc1N1CC[NH+](CC(=O)N[C@@H](C)C(C)C)CC1. The van der Waals surface area contributed by atoms with Crippen LogP contribution in [0.2, 0.25) is 0 Å². The lowest BCUT2D eigenvalue weighted by Gasteiger charge is -2.34. The fraction of sp³-hybridized carbons (Fsp3) is 0.611. The highest BCUT2D eigenvalue weighted by Crippen LogP contribution is 2.27. The van der Waals surface area contributed by atoms with Gasteiger partial charge < -0.3 is 19.9 Å². The second-order valence-electron chi connectivity index (χ2n) is 6.69. The van der Waals surface area contributed by atoms with Crippen molar-refractivity contribution < 1.29 is 14.4 Å². The molecule has 0 aliphatic carbocycles. The molecule has 1 atom stereocenters. The van der Waals surface area contributed by atoms with Gasteiger partial charge in [-0.3, -0.25) is 4.79 Å². The molecular weight excluding hydrogens is 290 g/mol. The van der Waals surface area contributed by atoms with E-state index in [1.165, 1.54) is 4.90 Å². The third-order valence-electron chi connectivity index (χ3n) is 4.70. The number of methoxy groups -OCH3 is 1. The zero-order valence-electron chi connectivity index (χ0n) is 14.8. The third-order valence-corrected chi connectivity index (χ3v) is 4.70. The van der Waals surface area contributed by atoms with Crippen LogP contribution in [0.4, 0.5) is 5.69 Å². The Kier molecular flexibility index (Phi) is 6.28. The first-order valence-electron chi connectivity index (χ1n) is 8.52. The number of para-hydroxylation sites is 2. The molecule has 5 nitrogen and oxygen atoms in total. The number of nitrogens with zero attached hydrogens (tertiary/aromatic N) is 1. The van der Waals surface area contributed by atoms with Gasteiger partial charge in [0.1, 0.15) is 5.75 Å². The Bertz CT molecular complexity index is 511. The maximum absolute atomic E-state index is 12.1. The van der Waals surface area contributed by atoms with Crippen LogP contribution < -0.4 is 19.9 Å². The first-order chi connectivity index (χ1) is 11.0. The minimum Gasteiger partial charge on any atom is -0.495 e. The molecule has 0 unspecified atom stereocenters. The van der Waals surface area contributed by atoms with Crippen LogP contribution in [-0.4, -0.2) is 51.8 Å². The van der Waals surface area contributed by atoms with Gasteiger partial charge in [0, 0.05) is 6.04 Å². The maximum atomic E-state index is 12.1. The van der Waals surface area contributed by atoms with Gasteiger partial charge in [-0.05, 0) is 25.0 Å². The molecule has 5 heteroatoms. The van der Waals surface area contributed by atoms with E-state index < -0.39 is 0 Å². The minimum atomic E-state index is 0.159. The molecule has 2 N–H and O–H groups in total. The van der Waals surface area contributed by atoms with E-state index in [0.717, 1.165) is 37.6 Å². The molecule has 23 heavy (non-hydrogen) atoms. The zero-order valence-corrected chi connectivity index (χ0v) is 14.8. The Morgan fingerprint density at radius 3 is 2.52 bits per heavy atom. The number of nitrogens with one attached hydrogen (secondary N) is 2. The topological polar surface area (TPSA) is 46.0 Å². The molecule has 128 valence electrons. The van der Waals surface area contributed by atoms with Crippen LogP contribution >= 0.6 is 0 Å². The van der Waals surface area contributed by atoms with Gasteiger partial charge in [-0.15, -0.1) is 0 Å². The van der Waals surface area contributed by atoms with Crippen LogP contribution in [0, 0.1) is 5.92 Å². The van der Waals surface area contributed by atoms with E-state index in [0.29, 0.717) is 12.5 Å². The summed E-state index contributed by atoms with van der Waals surface area (Å²) in [5, 5.41) is 3.09. The molecule has 0 spiro atoms. The predicted octanol–water partition coefficient (Wildman–Crippen LogP) is 0.561. The molecule has 0 bridgehead atoms. The van der Waals surface area contributed by atoms with E-state index in [2.05, 4.69) is 37.1 Å². The van der Waals surface area contributed by atoms with Crippen molar-refractivity contribution in [3.63, 3.8) is 0 Å². The Labute approximate surface area is 139 Å². The summed E-state index contributed by atoms with van der Waals surface area (Å²) in [5.74, 6) is 1.54. The Morgan fingerprint density at radius 2 is 1.91 bits per heavy atom. The van der Waals surface area contributed by atoms with Crippen molar-refractivity contribution in [1.29, 1.82) is 0 Å². The number of benzene rings is 1. The van der Waals surface area contributed by atoms with Crippen molar-refractivity contribution in [2.45, 2.75) is 26.8 Å². The second-order valence-corrected chi connectivity index (χ2v) is 6.69. The largest absolute Gasteiger partial charge is 0.495 e. The second kappa shape index (κ2) is 8.20. The summed E-state index contributed by atoms with van der Waals surface area (Å²) < 4.78 is 5.44. The van der Waals surface area contributed by atoms with E-state index in [4.69, 9.17) is 4.74 Å². The van der Waals surface area contributed by atoms with Crippen molar-refractivity contribution in [1.82, 2.24) is 5.32 Å². The number of carbonyl (C=O) groups excluding carboxylic acids is 1. The first kappa shape index (κ1) is 17.6. The highest BCUT2D eigenvalue weighted by molar-refractivity contribution is 5.77. The summed E-state index contributed by atoms with van der Waals surface area (Å²) in [4.78, 5) is 15.8. The molecule has 1 aliphatic rings. The predicted molar refractivity (Wildman–Crippen MR) is 93.2 cm³/mol. The molecule has 1 aromatic rings. The van der Waals surface area contributed by atoms with Gasteiger partial charge >= 0.3 is 0 Å². The number of hydrogen-bond acceptors (Lipinski definition) is 3. The molecule has 1 heterocycles. The first-order valence-corrected chi connectivity index (χ1v) is 8.52. The molecule has 1 aliphatic heterocycles. The highest BCUT2D eigenvalue weighted by Gasteiger charge is 2.24. The summed E-state index contributed by atoms with van der Waals surface area (Å²) in [6, 6.07) is 8.36. The molecule has 1 saturated heterocycles. The quantitative estimate of drug-likeness (QED) is 0.805. The third kappa shape index (κ3) is 4.86. The lowest BCUT2D eigenvalue weighted by Crippen LogP contribution is -3.16. The molecule has 0 aromatic heterocycles. The number of quaternary nitrogens is 1. The van der Waals surface area contributed by atoms with E-state index in [1.807, 2.05) is 18.2 Å². The number of hydrogen-bond donors (Lipinski definition) is 2. The summed E-state index contributed by atoms with van der Waals surface area (Å²) in [5.41, 5.74) is 1.15. The average molecular weight is 320 g/mol. The molecule has 1 amide bonds. The molecular formula is C18H30N3O2+. The van der Waals surface area contributed by atoms with E-state index in [1.54, 1.807) is 7.11 Å². The van der Waals surface area contributed by atoms with E-state index in [9.17, 15) is 4.79 Å². The van der Waals surface area contributed by atoms with Gasteiger partial charge in [0.15, 0.2) is 6.54 Å². The summed E-state index contributed by atoms with van der Waals surface area (Å²) in [6.45, 7) is 10.7. The smallest absolute Gasteiger partial charge is 0.275 e. The van der Waals surface area contributed by atoms with Crippen molar-refractivity contribution in [3.05, 3.63) is 24.3 Å². The molecule has 0 radical (unpaired) electrons. The number of anilines is 1. The normalized spacial score (nSPS) is 17.2. The zero-order chi connectivity index (χ0) is 16.8. The van der Waals surface area contributed by atoms with Crippen LogP contribution in [0.3, 0.4) is 0 Å². The number of piperazine rings is 1. The van der Waals surface area contributed by atoms with Crippen molar-refractivity contribution in [2.75, 3.05) is 44.7 Å². The van der Waals surface area contributed by atoms with Crippen LogP contribution in [0.1, 0.15) is 20.8 Å². The van der Waals surface area contributed by atoms with Crippen LogP contribution in [0.25, 0.3) is 0 Å². The Morgan fingerprint density at radius 1 is 1.26 bits per heavy atom. The van der Waals surface area contributed by atoms with Gasteiger partial charge in [0.2, 0.25) is 0 Å². The van der Waals surface area contributed by atoms with Crippen molar-refractivity contribution in [3.8, 4) is 5.75 Å². The lowest BCUT2D eigenvalue weighted by molar-refractivity contribution is -0.892. The maximum Gasteiger partial charge on any atom is 0.275 e. The molecule has 1 fully saturated rings. The van der Waals surface area contributed by atoms with Gasteiger partial charge in [0.05, 0.1) is 39.0 Å². The number of amides is 1. The van der Waals surface area contributed by atoms with Gasteiger partial charge in [-0.25, -0.2) is 0 Å². The summed E-state index contributed by atoms with van der Waals surface area (Å²) >= 11 is 0. The number of carbonyl (C=O) groups is 1. The monoisotopic (exact) mass is 320 g/mol. The van der Waals surface area contributed by atoms with Gasteiger partial charge in [-0.1, -0.05) is 26.0 Å². The standard InChI is InChI=1S/C18H29N3O2/c1-14(2)15(3)19-18(22)13-20-9-11-21(12-10-20)16-7-5-6-8-17(16)23-4/h5-8,14-15H,9-13H2,1-4H3,(H,19,22)/p+1/t15-/m0/s1. The molecule has 0 saturated carbocycles. The highest BCUT2D eigenvalue weighted by atomic mass is 16.5. The number of ether oxygens (including phenoxy) is 1. The fourth-order valence-corrected chi connectivity index (χ4v) is 2.83. The average Bonchev–Trinajstić information content (AvgIpc) is 2.55. The minimum absolute atomic E-state index is 0.159. The van der Waals surface area contributed by atoms with Crippen LogP contribution in [0.15, 0.2) is 24.3 Å². The van der Waals surface area contributed by atoms with Gasteiger partial charge in [0.25, 0.3) is 5.91 Å². The van der Waals surface area contributed by atoms with Crippen LogP contribution in [0.5, 0.6) is 5.75 Å². The molecule has 2 rings (SSSR count). The van der Waals surface area contributed by atoms with E-state index >= 15 is 0 Å². The Balaban J connectivity index is 1.83. The van der Waals surface area contributed by atoms with Crippen molar-refractivity contribution in [2.24, 2.45) is 5.92 Å². The lowest BCUT2D eigenvalue weighted by atomic mass is 10.1. The van der Waals surface area contributed by atoms with Crippen molar-refractivity contribution >= 4 is 11.6 Å². The van der Waals surface area contributed by atoms with Crippen LogP contribution in [-0.2, 0) is 4.79 Å².